The largest absolute Gasteiger partial charge is 0.264 e. The maximum absolute atomic E-state index is 5.96. The molecule has 2 aromatic heterocycles. The second-order valence-electron chi connectivity index (χ2n) is 3.13. The molecule has 0 unspecified atom stereocenters. The van der Waals surface area contributed by atoms with E-state index in [0.29, 0.717) is 19.7 Å². The third-order valence-electron chi connectivity index (χ3n) is 2.03. The minimum absolute atomic E-state index is 0.367. The summed E-state index contributed by atoms with van der Waals surface area (Å²) in [6.07, 6.45) is 3.43. The summed E-state index contributed by atoms with van der Waals surface area (Å²) in [5.74, 6) is 0.523. The molecule has 0 spiro atoms. The number of pyridine rings is 1. The van der Waals surface area contributed by atoms with E-state index in [4.69, 9.17) is 23.2 Å². The van der Waals surface area contributed by atoms with Crippen molar-refractivity contribution in [2.24, 2.45) is 0 Å². The molecule has 2 aromatic rings. The summed E-state index contributed by atoms with van der Waals surface area (Å²) < 4.78 is 0.663. The molecule has 0 aliphatic carbocycles. The molecule has 0 atom stereocenters. The van der Waals surface area contributed by atoms with E-state index in [2.05, 4.69) is 15.0 Å². The van der Waals surface area contributed by atoms with E-state index in [0.717, 1.165) is 11.1 Å². The minimum atomic E-state index is 0.367. The van der Waals surface area contributed by atoms with Crippen LogP contribution in [-0.4, -0.2) is 15.0 Å². The molecule has 2 heterocycles. The second kappa shape index (κ2) is 4.81. The molecule has 6 heteroatoms. The summed E-state index contributed by atoms with van der Waals surface area (Å²) in [5, 5.41) is 0.735. The maximum Gasteiger partial charge on any atom is 0.162 e. The number of nitrogens with zero attached hydrogens (tertiary/aromatic N) is 3. The van der Waals surface area contributed by atoms with Gasteiger partial charge in [0, 0.05) is 18.0 Å². The van der Waals surface area contributed by atoms with Gasteiger partial charge in [-0.1, -0.05) is 23.2 Å². The maximum atomic E-state index is 5.96. The predicted molar refractivity (Wildman–Crippen MR) is 72.7 cm³/mol. The first-order valence-corrected chi connectivity index (χ1v) is 6.22. The van der Waals surface area contributed by atoms with Crippen molar-refractivity contribution in [2.75, 3.05) is 0 Å². The Labute approximate surface area is 116 Å². The number of hydrogen-bond donors (Lipinski definition) is 0. The highest BCUT2D eigenvalue weighted by molar-refractivity contribution is 14.1. The zero-order valence-electron chi connectivity index (χ0n) is 8.21. The van der Waals surface area contributed by atoms with Crippen molar-refractivity contribution in [2.45, 2.75) is 6.92 Å². The van der Waals surface area contributed by atoms with E-state index in [1.54, 1.807) is 12.4 Å². The van der Waals surface area contributed by atoms with Gasteiger partial charge in [-0.3, -0.25) is 4.98 Å². The van der Waals surface area contributed by atoms with Gasteiger partial charge in [-0.15, -0.1) is 0 Å². The molecule has 0 aliphatic heterocycles. The van der Waals surface area contributed by atoms with Crippen molar-refractivity contribution in [1.29, 1.82) is 0 Å². The standard InChI is InChI=1S/C10H6Cl2IN3/c1-5-4-14-3-2-6(5)10-15-8(11)7(13)9(12)16-10/h2-4H,1H3. The van der Waals surface area contributed by atoms with Crippen molar-refractivity contribution in [3.63, 3.8) is 0 Å². The fraction of sp³-hybridized carbons (Fsp3) is 0.100. The van der Waals surface area contributed by atoms with Crippen LogP contribution in [0.4, 0.5) is 0 Å². The normalized spacial score (nSPS) is 10.5. The van der Waals surface area contributed by atoms with E-state index >= 15 is 0 Å². The molecule has 82 valence electrons. The van der Waals surface area contributed by atoms with Gasteiger partial charge < -0.3 is 0 Å². The molecule has 0 fully saturated rings. The zero-order valence-corrected chi connectivity index (χ0v) is 11.9. The van der Waals surface area contributed by atoms with Crippen LogP contribution in [-0.2, 0) is 0 Å². The van der Waals surface area contributed by atoms with E-state index in [-0.39, 0.29) is 0 Å². The Kier molecular flexibility index (Phi) is 3.61. The van der Waals surface area contributed by atoms with Crippen molar-refractivity contribution in [1.82, 2.24) is 15.0 Å². The Morgan fingerprint density at radius 3 is 2.38 bits per heavy atom. The zero-order chi connectivity index (χ0) is 11.7. The molecule has 2 rings (SSSR count). The lowest BCUT2D eigenvalue weighted by atomic mass is 10.1. The number of hydrogen-bond acceptors (Lipinski definition) is 3. The Morgan fingerprint density at radius 1 is 1.19 bits per heavy atom. The molecule has 16 heavy (non-hydrogen) atoms. The van der Waals surface area contributed by atoms with Gasteiger partial charge in [-0.2, -0.15) is 0 Å². The first-order chi connectivity index (χ1) is 7.59. The summed E-state index contributed by atoms with van der Waals surface area (Å²) in [6.45, 7) is 1.94. The Bertz CT molecular complexity index is 522. The number of rotatable bonds is 1. The van der Waals surface area contributed by atoms with Crippen molar-refractivity contribution in [3.8, 4) is 11.4 Å². The van der Waals surface area contributed by atoms with Crippen LogP contribution in [0, 0.1) is 10.5 Å². The average molecular weight is 366 g/mol. The van der Waals surface area contributed by atoms with Crippen LogP contribution in [0.5, 0.6) is 0 Å². The molecule has 0 amide bonds. The second-order valence-corrected chi connectivity index (χ2v) is 4.93. The highest BCUT2D eigenvalue weighted by Crippen LogP contribution is 2.27. The molecular formula is C10H6Cl2IN3. The lowest BCUT2D eigenvalue weighted by Crippen LogP contribution is -1.95. The van der Waals surface area contributed by atoms with Crippen LogP contribution in [0.3, 0.4) is 0 Å². The monoisotopic (exact) mass is 365 g/mol. The van der Waals surface area contributed by atoms with E-state index in [1.807, 2.05) is 35.6 Å². The van der Waals surface area contributed by atoms with Crippen LogP contribution in [0.1, 0.15) is 5.56 Å². The van der Waals surface area contributed by atoms with Crippen LogP contribution >= 0.6 is 45.8 Å². The quantitative estimate of drug-likeness (QED) is 0.570. The first-order valence-electron chi connectivity index (χ1n) is 4.39. The van der Waals surface area contributed by atoms with Crippen molar-refractivity contribution < 1.29 is 0 Å². The molecule has 0 bridgehead atoms. The fourth-order valence-electron chi connectivity index (χ4n) is 1.24. The van der Waals surface area contributed by atoms with Gasteiger partial charge in [-0.05, 0) is 41.1 Å². The van der Waals surface area contributed by atoms with Crippen molar-refractivity contribution in [3.05, 3.63) is 37.9 Å². The topological polar surface area (TPSA) is 38.7 Å². The molecular weight excluding hydrogens is 360 g/mol. The van der Waals surface area contributed by atoms with Gasteiger partial charge in [0.2, 0.25) is 0 Å². The fourth-order valence-corrected chi connectivity index (χ4v) is 1.87. The Hall–Kier alpha value is -0.460. The summed E-state index contributed by atoms with van der Waals surface area (Å²) in [7, 11) is 0. The highest BCUT2D eigenvalue weighted by atomic mass is 127. The van der Waals surface area contributed by atoms with E-state index < -0.39 is 0 Å². The van der Waals surface area contributed by atoms with Crippen LogP contribution < -0.4 is 0 Å². The summed E-state index contributed by atoms with van der Waals surface area (Å²) in [6, 6.07) is 1.84. The van der Waals surface area contributed by atoms with Gasteiger partial charge in [-0.25, -0.2) is 9.97 Å². The van der Waals surface area contributed by atoms with E-state index in [9.17, 15) is 0 Å². The van der Waals surface area contributed by atoms with Crippen LogP contribution in [0.2, 0.25) is 10.3 Å². The predicted octanol–water partition coefficient (Wildman–Crippen LogP) is 3.76. The lowest BCUT2D eigenvalue weighted by molar-refractivity contribution is 1.14. The molecule has 0 N–H and O–H groups in total. The smallest absolute Gasteiger partial charge is 0.162 e. The van der Waals surface area contributed by atoms with Crippen LogP contribution in [0.15, 0.2) is 18.5 Å². The van der Waals surface area contributed by atoms with Gasteiger partial charge >= 0.3 is 0 Å². The lowest BCUT2D eigenvalue weighted by Gasteiger charge is -2.05. The number of aromatic nitrogens is 3. The first kappa shape index (κ1) is 12.0. The third kappa shape index (κ3) is 2.28. The molecule has 0 aliphatic rings. The molecule has 0 saturated heterocycles. The third-order valence-corrected chi connectivity index (χ3v) is 4.24. The summed E-state index contributed by atoms with van der Waals surface area (Å²) >= 11 is 13.9. The van der Waals surface area contributed by atoms with Gasteiger partial charge in [0.05, 0.1) is 3.57 Å². The molecule has 0 radical (unpaired) electrons. The summed E-state index contributed by atoms with van der Waals surface area (Å²) in [4.78, 5) is 12.4. The molecule has 3 nitrogen and oxygen atoms in total. The Morgan fingerprint density at radius 2 is 1.81 bits per heavy atom. The van der Waals surface area contributed by atoms with Crippen LogP contribution in [0.25, 0.3) is 11.4 Å². The van der Waals surface area contributed by atoms with Gasteiger partial charge in [0.15, 0.2) is 5.82 Å². The molecule has 0 aromatic carbocycles. The molecule has 0 saturated carbocycles. The van der Waals surface area contributed by atoms with Gasteiger partial charge in [0.1, 0.15) is 10.3 Å². The number of halogens is 3. The SMILES string of the molecule is Cc1cnccc1-c1nc(Cl)c(I)c(Cl)n1. The van der Waals surface area contributed by atoms with Gasteiger partial charge in [0.25, 0.3) is 0 Å². The average Bonchev–Trinajstić information content (AvgIpc) is 2.26. The van der Waals surface area contributed by atoms with E-state index in [1.165, 1.54) is 0 Å². The minimum Gasteiger partial charge on any atom is -0.264 e. The highest BCUT2D eigenvalue weighted by Gasteiger charge is 2.11. The Balaban J connectivity index is 2.62. The summed E-state index contributed by atoms with van der Waals surface area (Å²) in [5.41, 5.74) is 1.87. The number of aryl methyl sites for hydroxylation is 1. The van der Waals surface area contributed by atoms with Crippen molar-refractivity contribution >= 4 is 45.8 Å².